The van der Waals surface area contributed by atoms with Gasteiger partial charge in [0.05, 0.1) is 20.8 Å². The molecular weight excluding hydrogens is 393 g/mol. The van der Waals surface area contributed by atoms with Crippen molar-refractivity contribution in [2.75, 3.05) is 5.73 Å². The van der Waals surface area contributed by atoms with E-state index in [1.165, 1.54) is 36.5 Å². The molecule has 1 heterocycles. The van der Waals surface area contributed by atoms with Gasteiger partial charge in [-0.2, -0.15) is 13.2 Å². The zero-order valence-corrected chi connectivity index (χ0v) is 15.0. The number of benzene rings is 2. The molecule has 0 aliphatic carbocycles. The average Bonchev–Trinajstić information content (AvgIpc) is 2.90. The minimum absolute atomic E-state index is 0.211. The van der Waals surface area contributed by atoms with E-state index in [2.05, 4.69) is 4.98 Å². The molecular formula is C16H10ClF3N2OS2. The van der Waals surface area contributed by atoms with Crippen LogP contribution in [0, 0.1) is 0 Å². The number of anilines is 1. The molecule has 0 saturated heterocycles. The molecule has 0 fully saturated rings. The highest BCUT2D eigenvalue weighted by Crippen LogP contribution is 2.41. The van der Waals surface area contributed by atoms with Crippen LogP contribution < -0.4 is 5.73 Å². The lowest BCUT2D eigenvalue weighted by Gasteiger charge is -2.08. The van der Waals surface area contributed by atoms with Crippen molar-refractivity contribution >= 4 is 56.4 Å². The summed E-state index contributed by atoms with van der Waals surface area (Å²) in [6.07, 6.45) is -4.42. The number of ketones is 1. The first kappa shape index (κ1) is 18.0. The molecule has 0 radical (unpaired) electrons. The van der Waals surface area contributed by atoms with Gasteiger partial charge in [-0.05, 0) is 37.3 Å². The van der Waals surface area contributed by atoms with Crippen molar-refractivity contribution in [2.45, 2.75) is 22.3 Å². The number of carbonyl (C=O) groups excluding carboxylic acids is 1. The summed E-state index contributed by atoms with van der Waals surface area (Å²) >= 11 is 8.55. The molecule has 0 aliphatic heterocycles. The molecule has 0 bridgehead atoms. The van der Waals surface area contributed by atoms with Crippen molar-refractivity contribution in [3.8, 4) is 0 Å². The molecule has 2 N–H and O–H groups in total. The first-order chi connectivity index (χ1) is 11.6. The molecule has 0 amide bonds. The smallest absolute Gasteiger partial charge is 0.399 e. The van der Waals surface area contributed by atoms with Crippen molar-refractivity contribution in [2.24, 2.45) is 0 Å². The van der Waals surface area contributed by atoms with Gasteiger partial charge in [-0.1, -0.05) is 23.4 Å². The van der Waals surface area contributed by atoms with Gasteiger partial charge in [-0.25, -0.2) is 4.98 Å². The number of hydrogen-bond donors (Lipinski definition) is 1. The molecule has 3 rings (SSSR count). The van der Waals surface area contributed by atoms with E-state index in [0.717, 1.165) is 23.9 Å². The predicted octanol–water partition coefficient (Wildman–Crippen LogP) is 5.90. The second kappa shape index (κ2) is 6.51. The number of thiazole rings is 1. The Labute approximate surface area is 154 Å². The van der Waals surface area contributed by atoms with Gasteiger partial charge in [0.2, 0.25) is 0 Å². The number of nitrogens with two attached hydrogens (primary N) is 1. The maximum absolute atomic E-state index is 12.8. The third kappa shape index (κ3) is 3.75. The third-order valence-electron chi connectivity index (χ3n) is 3.33. The van der Waals surface area contributed by atoms with Gasteiger partial charge in [0.1, 0.15) is 0 Å². The number of hydrogen-bond acceptors (Lipinski definition) is 5. The van der Waals surface area contributed by atoms with Crippen molar-refractivity contribution in [3.63, 3.8) is 0 Å². The van der Waals surface area contributed by atoms with Gasteiger partial charge >= 0.3 is 6.18 Å². The lowest BCUT2D eigenvalue weighted by Crippen LogP contribution is -2.03. The number of fused-ring (bicyclic) bond motifs is 1. The molecule has 0 unspecified atom stereocenters. The Morgan fingerprint density at radius 3 is 2.64 bits per heavy atom. The molecule has 0 atom stereocenters. The summed E-state index contributed by atoms with van der Waals surface area (Å²) in [6.45, 7) is 1.39. The third-order valence-corrected chi connectivity index (χ3v) is 5.98. The first-order valence-electron chi connectivity index (χ1n) is 6.91. The number of nitrogens with zero attached hydrogens (tertiary/aromatic N) is 1. The fraction of sp³-hybridized carbons (Fsp3) is 0.125. The van der Waals surface area contributed by atoms with Crippen molar-refractivity contribution < 1.29 is 18.0 Å². The highest BCUT2D eigenvalue weighted by atomic mass is 35.5. The standard InChI is InChI=1S/C16H10ClF3N2OS2/c1-7(23)10-5-9(21)6-11(17)14(10)25-15-22-12-4-8(16(18,19)20)2-3-13(12)24-15/h2-6H,21H2,1H3. The van der Waals surface area contributed by atoms with Crippen molar-refractivity contribution in [3.05, 3.63) is 46.5 Å². The summed E-state index contributed by atoms with van der Waals surface area (Å²) in [4.78, 5) is 16.5. The van der Waals surface area contributed by atoms with Crippen molar-refractivity contribution in [1.82, 2.24) is 4.98 Å². The maximum Gasteiger partial charge on any atom is 0.416 e. The van der Waals surface area contributed by atoms with Gasteiger partial charge < -0.3 is 5.73 Å². The molecule has 1 aromatic heterocycles. The van der Waals surface area contributed by atoms with Gasteiger partial charge in [-0.15, -0.1) is 11.3 Å². The second-order valence-corrected chi connectivity index (χ2v) is 7.89. The van der Waals surface area contributed by atoms with Crippen LogP contribution in [0.2, 0.25) is 5.02 Å². The van der Waals surface area contributed by atoms with E-state index in [1.54, 1.807) is 0 Å². The number of nitrogen functional groups attached to an aromatic ring is 1. The molecule has 3 nitrogen and oxygen atoms in total. The van der Waals surface area contributed by atoms with Gasteiger partial charge in [-0.3, -0.25) is 4.79 Å². The summed E-state index contributed by atoms with van der Waals surface area (Å²) in [5, 5.41) is 0.297. The monoisotopic (exact) mass is 402 g/mol. The molecule has 2 aromatic carbocycles. The highest BCUT2D eigenvalue weighted by Gasteiger charge is 2.30. The van der Waals surface area contributed by atoms with Crippen molar-refractivity contribution in [1.29, 1.82) is 0 Å². The second-order valence-electron chi connectivity index (χ2n) is 5.20. The summed E-state index contributed by atoms with van der Waals surface area (Å²) in [7, 11) is 0. The van der Waals surface area contributed by atoms with Crippen LogP contribution in [-0.2, 0) is 6.18 Å². The number of aromatic nitrogens is 1. The Morgan fingerprint density at radius 2 is 2.00 bits per heavy atom. The first-order valence-corrected chi connectivity index (χ1v) is 8.92. The van der Waals surface area contributed by atoms with E-state index in [-0.39, 0.29) is 11.3 Å². The van der Waals surface area contributed by atoms with Crippen LogP contribution in [0.4, 0.5) is 18.9 Å². The Kier molecular flexibility index (Phi) is 4.70. The molecule has 0 saturated carbocycles. The van der Waals surface area contributed by atoms with Crippen LogP contribution in [0.1, 0.15) is 22.8 Å². The topological polar surface area (TPSA) is 56.0 Å². The van der Waals surface area contributed by atoms with Gasteiger partial charge in [0.25, 0.3) is 0 Å². The van der Waals surface area contributed by atoms with E-state index < -0.39 is 11.7 Å². The number of carbonyl (C=O) groups is 1. The van der Waals surface area contributed by atoms with Crippen LogP contribution in [0.25, 0.3) is 10.2 Å². The summed E-state index contributed by atoms with van der Waals surface area (Å²) < 4.78 is 39.5. The maximum atomic E-state index is 12.8. The predicted molar refractivity (Wildman–Crippen MR) is 94.6 cm³/mol. The minimum atomic E-state index is -4.42. The molecule has 3 aromatic rings. The van der Waals surface area contributed by atoms with Crippen LogP contribution in [-0.4, -0.2) is 10.8 Å². The average molecular weight is 403 g/mol. The van der Waals surface area contributed by atoms with Crippen LogP contribution in [0.5, 0.6) is 0 Å². The van der Waals surface area contributed by atoms with E-state index in [9.17, 15) is 18.0 Å². The van der Waals surface area contributed by atoms with Gasteiger partial charge in [0.15, 0.2) is 10.1 Å². The summed E-state index contributed by atoms with van der Waals surface area (Å²) in [5.41, 5.74) is 5.92. The molecule has 9 heteroatoms. The minimum Gasteiger partial charge on any atom is -0.399 e. The molecule has 0 aliphatic rings. The normalized spacial score (nSPS) is 11.9. The fourth-order valence-electron chi connectivity index (χ4n) is 2.19. The highest BCUT2D eigenvalue weighted by molar-refractivity contribution is 8.01. The fourth-order valence-corrected chi connectivity index (χ4v) is 4.69. The Hall–Kier alpha value is -1.77. The lowest BCUT2D eigenvalue weighted by molar-refractivity contribution is -0.137. The van der Waals surface area contributed by atoms with Crippen LogP contribution >= 0.6 is 34.7 Å². The lowest BCUT2D eigenvalue weighted by atomic mass is 10.1. The largest absolute Gasteiger partial charge is 0.416 e. The SMILES string of the molecule is CC(=O)c1cc(N)cc(Cl)c1Sc1nc2cc(C(F)(F)F)ccc2s1. The van der Waals surface area contributed by atoms with Crippen LogP contribution in [0.3, 0.4) is 0 Å². The molecule has 25 heavy (non-hydrogen) atoms. The zero-order valence-electron chi connectivity index (χ0n) is 12.6. The number of halogens is 4. The summed E-state index contributed by atoms with van der Waals surface area (Å²) in [5.74, 6) is -0.211. The molecule has 130 valence electrons. The number of Topliss-reactive ketones (excluding diaryl/α,β-unsaturated/α-hetero) is 1. The Morgan fingerprint density at radius 1 is 1.28 bits per heavy atom. The molecule has 0 spiro atoms. The van der Waals surface area contributed by atoms with E-state index in [4.69, 9.17) is 17.3 Å². The van der Waals surface area contributed by atoms with E-state index in [0.29, 0.717) is 30.2 Å². The number of rotatable bonds is 3. The number of alkyl halides is 3. The quantitative estimate of drug-likeness (QED) is 0.437. The van der Waals surface area contributed by atoms with Crippen LogP contribution in [0.15, 0.2) is 39.6 Å². The van der Waals surface area contributed by atoms with E-state index >= 15 is 0 Å². The van der Waals surface area contributed by atoms with E-state index in [1.807, 2.05) is 0 Å². The van der Waals surface area contributed by atoms with Gasteiger partial charge in [0, 0.05) is 16.1 Å². The Bertz CT molecular complexity index is 985. The zero-order chi connectivity index (χ0) is 18.4. The summed E-state index contributed by atoms with van der Waals surface area (Å²) in [6, 6.07) is 6.45. The Balaban J connectivity index is 2.03.